The summed E-state index contributed by atoms with van der Waals surface area (Å²) in [5, 5.41) is 4.26. The Balaban J connectivity index is 0.00000200. The average Bonchev–Trinajstić information content (AvgIpc) is 2.46. The van der Waals surface area contributed by atoms with Crippen LogP contribution in [0.5, 0.6) is 0 Å². The largest absolute Gasteiger partial charge is 0.314 e. The molecule has 1 aromatic rings. The molecule has 1 N–H and O–H groups in total. The first-order chi connectivity index (χ1) is 9.31. The van der Waals surface area contributed by atoms with Crippen LogP contribution in [0.15, 0.2) is 24.3 Å². The molecule has 0 bridgehead atoms. The summed E-state index contributed by atoms with van der Waals surface area (Å²) in [6.07, 6.45) is 5.19. The summed E-state index contributed by atoms with van der Waals surface area (Å²) in [6.45, 7) is 6.79. The van der Waals surface area contributed by atoms with Crippen LogP contribution in [0.1, 0.15) is 44.2 Å². The number of nitrogens with one attached hydrogen (secondary N) is 1. The van der Waals surface area contributed by atoms with Gasteiger partial charge in [-0.25, -0.2) is 0 Å². The minimum atomic E-state index is 0. The van der Waals surface area contributed by atoms with Crippen LogP contribution in [0.25, 0.3) is 0 Å². The van der Waals surface area contributed by atoms with Gasteiger partial charge in [-0.05, 0) is 24.1 Å². The molecule has 1 aliphatic heterocycles. The Kier molecular flexibility index (Phi) is 11.6. The molecule has 1 saturated heterocycles. The van der Waals surface area contributed by atoms with E-state index < -0.39 is 0 Å². The molecule has 1 fully saturated rings. The predicted molar refractivity (Wildman–Crippen MR) is 97.3 cm³/mol. The van der Waals surface area contributed by atoms with Gasteiger partial charge in [0.15, 0.2) is 0 Å². The zero-order valence-electron chi connectivity index (χ0n) is 12.7. The molecule has 21 heavy (non-hydrogen) atoms. The van der Waals surface area contributed by atoms with E-state index in [1.165, 1.54) is 31.2 Å². The second-order valence-corrected chi connectivity index (χ2v) is 5.79. The van der Waals surface area contributed by atoms with Gasteiger partial charge < -0.3 is 5.32 Å². The lowest BCUT2D eigenvalue weighted by molar-refractivity contribution is 0.163. The molecule has 1 aromatic carbocycles. The average molecular weight is 354 g/mol. The van der Waals surface area contributed by atoms with Crippen LogP contribution in [0.2, 0.25) is 5.02 Å². The highest BCUT2D eigenvalue weighted by atomic mass is 35.5. The quantitative estimate of drug-likeness (QED) is 0.745. The van der Waals surface area contributed by atoms with Gasteiger partial charge in [-0.15, -0.1) is 24.8 Å². The van der Waals surface area contributed by atoms with Gasteiger partial charge in [0.25, 0.3) is 0 Å². The highest BCUT2D eigenvalue weighted by Crippen LogP contribution is 2.28. The van der Waals surface area contributed by atoms with E-state index in [2.05, 4.69) is 29.3 Å². The molecule has 1 aliphatic rings. The van der Waals surface area contributed by atoms with Gasteiger partial charge in [0.1, 0.15) is 0 Å². The van der Waals surface area contributed by atoms with Crippen molar-refractivity contribution in [2.75, 3.05) is 26.2 Å². The van der Waals surface area contributed by atoms with E-state index in [0.717, 1.165) is 31.2 Å². The topological polar surface area (TPSA) is 15.3 Å². The summed E-state index contributed by atoms with van der Waals surface area (Å²) in [5.41, 5.74) is 1.42. The zero-order chi connectivity index (χ0) is 13.5. The van der Waals surface area contributed by atoms with Crippen LogP contribution < -0.4 is 5.32 Å². The zero-order valence-corrected chi connectivity index (χ0v) is 15.1. The Labute approximate surface area is 146 Å². The van der Waals surface area contributed by atoms with Gasteiger partial charge in [-0.1, -0.05) is 49.9 Å². The molecule has 2 rings (SSSR count). The number of halogens is 3. The van der Waals surface area contributed by atoms with Crippen molar-refractivity contribution < 1.29 is 0 Å². The maximum Gasteiger partial charge on any atom is 0.0406 e. The summed E-state index contributed by atoms with van der Waals surface area (Å²) >= 11 is 6.01. The van der Waals surface area contributed by atoms with Crippen molar-refractivity contribution in [1.82, 2.24) is 10.2 Å². The molecule has 0 aliphatic carbocycles. The lowest BCUT2D eigenvalue weighted by atomic mass is 9.98. The minimum absolute atomic E-state index is 0. The van der Waals surface area contributed by atoms with E-state index in [-0.39, 0.29) is 24.8 Å². The molecule has 0 amide bonds. The molecular weight excluding hydrogens is 327 g/mol. The lowest BCUT2D eigenvalue weighted by Crippen LogP contribution is -2.45. The normalized spacial score (nSPS) is 16.7. The Bertz CT molecular complexity index is 364. The Morgan fingerprint density at radius 3 is 2.29 bits per heavy atom. The number of hydrogen-bond donors (Lipinski definition) is 1. The van der Waals surface area contributed by atoms with Gasteiger partial charge in [-0.3, -0.25) is 4.90 Å². The molecule has 1 atom stereocenters. The molecule has 2 nitrogen and oxygen atoms in total. The minimum Gasteiger partial charge on any atom is -0.314 e. The SMILES string of the molecule is CCCCC[C@H](c1ccc(Cl)cc1)N1CCNCC1.Cl.Cl. The molecule has 122 valence electrons. The summed E-state index contributed by atoms with van der Waals surface area (Å²) in [5.74, 6) is 0. The standard InChI is InChI=1S/C16H25ClN2.2ClH/c1-2-3-4-5-16(19-12-10-18-11-13-19)14-6-8-15(17)9-7-14;;/h6-9,16,18H,2-5,10-13H2,1H3;2*1H/t16-;;/m1../s1. The van der Waals surface area contributed by atoms with Gasteiger partial charge in [0.05, 0.1) is 0 Å². The van der Waals surface area contributed by atoms with Crippen molar-refractivity contribution in [3.63, 3.8) is 0 Å². The molecule has 0 radical (unpaired) electrons. The molecular formula is C16H27Cl3N2. The van der Waals surface area contributed by atoms with Crippen LogP contribution >= 0.6 is 36.4 Å². The van der Waals surface area contributed by atoms with Crippen molar-refractivity contribution in [2.45, 2.75) is 38.6 Å². The third-order valence-electron chi connectivity index (χ3n) is 3.93. The van der Waals surface area contributed by atoms with Crippen molar-refractivity contribution in [3.05, 3.63) is 34.9 Å². The molecule has 0 aromatic heterocycles. The fourth-order valence-corrected chi connectivity index (χ4v) is 2.95. The highest BCUT2D eigenvalue weighted by molar-refractivity contribution is 6.30. The fraction of sp³-hybridized carbons (Fsp3) is 0.625. The lowest BCUT2D eigenvalue weighted by Gasteiger charge is -2.35. The van der Waals surface area contributed by atoms with Crippen LogP contribution in [-0.2, 0) is 0 Å². The van der Waals surface area contributed by atoms with Gasteiger partial charge in [0, 0.05) is 37.2 Å². The van der Waals surface area contributed by atoms with E-state index >= 15 is 0 Å². The number of rotatable bonds is 6. The number of nitrogens with zero attached hydrogens (tertiary/aromatic N) is 1. The van der Waals surface area contributed by atoms with Gasteiger partial charge in [0.2, 0.25) is 0 Å². The number of piperazine rings is 1. The Morgan fingerprint density at radius 2 is 1.71 bits per heavy atom. The second kappa shape index (κ2) is 11.6. The monoisotopic (exact) mass is 352 g/mol. The fourth-order valence-electron chi connectivity index (χ4n) is 2.83. The van der Waals surface area contributed by atoms with E-state index in [0.29, 0.717) is 6.04 Å². The van der Waals surface area contributed by atoms with Gasteiger partial charge in [-0.2, -0.15) is 0 Å². The molecule has 5 heteroatoms. The van der Waals surface area contributed by atoms with Crippen molar-refractivity contribution in [2.24, 2.45) is 0 Å². The summed E-state index contributed by atoms with van der Waals surface area (Å²) < 4.78 is 0. The van der Waals surface area contributed by atoms with Crippen LogP contribution in [0.3, 0.4) is 0 Å². The predicted octanol–water partition coefficient (Wildman–Crippen LogP) is 4.71. The highest BCUT2D eigenvalue weighted by Gasteiger charge is 2.21. The number of benzene rings is 1. The van der Waals surface area contributed by atoms with Crippen molar-refractivity contribution >= 4 is 36.4 Å². The number of unbranched alkanes of at least 4 members (excludes halogenated alkanes) is 2. The maximum atomic E-state index is 6.01. The first kappa shape index (κ1) is 21.0. The smallest absolute Gasteiger partial charge is 0.0406 e. The van der Waals surface area contributed by atoms with Crippen LogP contribution in [-0.4, -0.2) is 31.1 Å². The summed E-state index contributed by atoms with van der Waals surface area (Å²) in [4.78, 5) is 2.62. The van der Waals surface area contributed by atoms with Crippen molar-refractivity contribution in [3.8, 4) is 0 Å². The molecule has 0 unspecified atom stereocenters. The first-order valence-electron chi connectivity index (χ1n) is 7.51. The van der Waals surface area contributed by atoms with Crippen LogP contribution in [0, 0.1) is 0 Å². The Hall–Kier alpha value is 0.01000. The first-order valence-corrected chi connectivity index (χ1v) is 7.89. The van der Waals surface area contributed by atoms with E-state index in [4.69, 9.17) is 11.6 Å². The van der Waals surface area contributed by atoms with Crippen molar-refractivity contribution in [1.29, 1.82) is 0 Å². The van der Waals surface area contributed by atoms with E-state index in [1.54, 1.807) is 0 Å². The third-order valence-corrected chi connectivity index (χ3v) is 4.18. The molecule has 0 saturated carbocycles. The van der Waals surface area contributed by atoms with E-state index in [1.807, 2.05) is 12.1 Å². The molecule has 0 spiro atoms. The number of hydrogen-bond acceptors (Lipinski definition) is 2. The van der Waals surface area contributed by atoms with Crippen LogP contribution in [0.4, 0.5) is 0 Å². The maximum absolute atomic E-state index is 6.01. The third kappa shape index (κ3) is 6.75. The Morgan fingerprint density at radius 1 is 1.10 bits per heavy atom. The molecule has 1 heterocycles. The summed E-state index contributed by atoms with van der Waals surface area (Å²) in [6, 6.07) is 8.99. The van der Waals surface area contributed by atoms with E-state index in [9.17, 15) is 0 Å². The summed E-state index contributed by atoms with van der Waals surface area (Å²) in [7, 11) is 0. The second-order valence-electron chi connectivity index (χ2n) is 5.35. The van der Waals surface area contributed by atoms with Gasteiger partial charge >= 0.3 is 0 Å².